The molecule has 1 aromatic carbocycles. The molecule has 0 fully saturated rings. The fourth-order valence-electron chi connectivity index (χ4n) is 1.92. The lowest BCUT2D eigenvalue weighted by Gasteiger charge is -2.13. The summed E-state index contributed by atoms with van der Waals surface area (Å²) in [5.74, 6) is 1.59. The van der Waals surface area contributed by atoms with Crippen LogP contribution in [0.2, 0.25) is 0 Å². The number of benzene rings is 1. The number of hydrogen-bond acceptors (Lipinski definition) is 3. The molecule has 0 saturated carbocycles. The average Bonchev–Trinajstić information content (AvgIpc) is 2.41. The van der Waals surface area contributed by atoms with E-state index in [4.69, 9.17) is 4.74 Å². The molecule has 0 aliphatic rings. The quantitative estimate of drug-likeness (QED) is 0.674. The molecule has 0 spiro atoms. The van der Waals surface area contributed by atoms with Crippen LogP contribution in [0.5, 0.6) is 5.75 Å². The minimum Gasteiger partial charge on any atom is -0.497 e. The van der Waals surface area contributed by atoms with Crippen molar-refractivity contribution in [2.24, 2.45) is 5.92 Å². The van der Waals surface area contributed by atoms with Crippen molar-refractivity contribution in [3.05, 3.63) is 29.8 Å². The number of aliphatic hydroxyl groups excluding tert-OH is 1. The second-order valence-electron chi connectivity index (χ2n) is 5.43. The van der Waals surface area contributed by atoms with Gasteiger partial charge >= 0.3 is 0 Å². The lowest BCUT2D eigenvalue weighted by atomic mass is 10.1. The maximum absolute atomic E-state index is 9.91. The van der Waals surface area contributed by atoms with Gasteiger partial charge in [-0.1, -0.05) is 26.0 Å². The molecule has 1 unspecified atom stereocenters. The van der Waals surface area contributed by atoms with E-state index in [1.54, 1.807) is 7.11 Å². The second-order valence-corrected chi connectivity index (χ2v) is 5.43. The van der Waals surface area contributed by atoms with Gasteiger partial charge in [-0.05, 0) is 49.4 Å². The summed E-state index contributed by atoms with van der Waals surface area (Å²) in [5, 5.41) is 13.2. The van der Waals surface area contributed by atoms with Gasteiger partial charge in [0, 0.05) is 6.54 Å². The molecule has 0 heterocycles. The molecular weight excluding hydrogens is 238 g/mol. The van der Waals surface area contributed by atoms with Crippen LogP contribution < -0.4 is 10.1 Å². The van der Waals surface area contributed by atoms with E-state index in [0.29, 0.717) is 12.5 Å². The van der Waals surface area contributed by atoms with Crippen molar-refractivity contribution in [1.82, 2.24) is 5.32 Å². The molecule has 0 bridgehead atoms. The summed E-state index contributed by atoms with van der Waals surface area (Å²) in [6.07, 6.45) is 2.53. The molecule has 0 radical (unpaired) electrons. The highest BCUT2D eigenvalue weighted by Crippen LogP contribution is 2.14. The third kappa shape index (κ3) is 7.19. The maximum Gasteiger partial charge on any atom is 0.119 e. The number of ether oxygens (including phenoxy) is 1. The predicted molar refractivity (Wildman–Crippen MR) is 79.6 cm³/mol. The van der Waals surface area contributed by atoms with Gasteiger partial charge in [-0.2, -0.15) is 0 Å². The van der Waals surface area contributed by atoms with E-state index in [1.165, 1.54) is 5.56 Å². The molecule has 19 heavy (non-hydrogen) atoms. The van der Waals surface area contributed by atoms with E-state index in [9.17, 15) is 5.11 Å². The van der Waals surface area contributed by atoms with Gasteiger partial charge in [0.2, 0.25) is 0 Å². The van der Waals surface area contributed by atoms with Crippen LogP contribution in [-0.4, -0.2) is 31.4 Å². The molecule has 3 heteroatoms. The van der Waals surface area contributed by atoms with Gasteiger partial charge in [0.25, 0.3) is 0 Å². The first kappa shape index (κ1) is 16.0. The minimum atomic E-state index is -0.279. The molecule has 3 nitrogen and oxygen atoms in total. The fourth-order valence-corrected chi connectivity index (χ4v) is 1.92. The van der Waals surface area contributed by atoms with Crippen molar-refractivity contribution < 1.29 is 9.84 Å². The molecule has 0 aliphatic carbocycles. The Balaban J connectivity index is 2.20. The van der Waals surface area contributed by atoms with Crippen molar-refractivity contribution in [2.45, 2.75) is 39.2 Å². The molecule has 2 N–H and O–H groups in total. The summed E-state index contributed by atoms with van der Waals surface area (Å²) >= 11 is 0. The first-order valence-electron chi connectivity index (χ1n) is 7.13. The smallest absolute Gasteiger partial charge is 0.119 e. The number of nitrogens with one attached hydrogen (secondary N) is 1. The largest absolute Gasteiger partial charge is 0.497 e. The van der Waals surface area contributed by atoms with Crippen molar-refractivity contribution in [3.8, 4) is 5.75 Å². The highest BCUT2D eigenvalue weighted by molar-refractivity contribution is 5.28. The van der Waals surface area contributed by atoms with E-state index in [-0.39, 0.29) is 6.10 Å². The van der Waals surface area contributed by atoms with E-state index >= 15 is 0 Å². The number of methoxy groups -OCH3 is 1. The summed E-state index contributed by atoms with van der Waals surface area (Å²) in [4.78, 5) is 0. The van der Waals surface area contributed by atoms with Gasteiger partial charge in [-0.3, -0.25) is 0 Å². The average molecular weight is 265 g/mol. The van der Waals surface area contributed by atoms with Crippen LogP contribution in [0.15, 0.2) is 24.3 Å². The van der Waals surface area contributed by atoms with Crippen LogP contribution in [0.4, 0.5) is 0 Å². The van der Waals surface area contributed by atoms with Gasteiger partial charge in [0.15, 0.2) is 0 Å². The van der Waals surface area contributed by atoms with Crippen molar-refractivity contribution in [2.75, 3.05) is 20.2 Å². The Morgan fingerprint density at radius 3 is 2.74 bits per heavy atom. The molecule has 1 atom stereocenters. The van der Waals surface area contributed by atoms with Crippen molar-refractivity contribution >= 4 is 0 Å². The fraction of sp³-hybridized carbons (Fsp3) is 0.625. The maximum atomic E-state index is 9.91. The van der Waals surface area contributed by atoms with E-state index in [0.717, 1.165) is 31.6 Å². The zero-order valence-electron chi connectivity index (χ0n) is 12.4. The zero-order valence-corrected chi connectivity index (χ0v) is 12.4. The minimum absolute atomic E-state index is 0.279. The molecule has 1 rings (SSSR count). The summed E-state index contributed by atoms with van der Waals surface area (Å²) in [6.45, 7) is 6.08. The molecule has 0 aromatic heterocycles. The Bertz CT molecular complexity index is 352. The zero-order chi connectivity index (χ0) is 14.1. The number of aryl methyl sites for hydroxylation is 1. The van der Waals surface area contributed by atoms with E-state index in [2.05, 4.69) is 25.2 Å². The monoisotopic (exact) mass is 265 g/mol. The van der Waals surface area contributed by atoms with Crippen molar-refractivity contribution in [1.29, 1.82) is 0 Å². The standard InChI is InChI=1S/C16H27NO2/c1-13(2)9-10-17-12-15(18)8-7-14-5-4-6-16(11-14)19-3/h4-6,11,13,15,17-18H,7-10,12H2,1-3H3. The Hall–Kier alpha value is -1.06. The molecule has 108 valence electrons. The Morgan fingerprint density at radius 2 is 2.05 bits per heavy atom. The predicted octanol–water partition coefficient (Wildman–Crippen LogP) is 2.62. The van der Waals surface area contributed by atoms with E-state index in [1.807, 2.05) is 18.2 Å². The van der Waals surface area contributed by atoms with Crippen LogP contribution in [0.3, 0.4) is 0 Å². The first-order valence-corrected chi connectivity index (χ1v) is 7.13. The Morgan fingerprint density at radius 1 is 1.26 bits per heavy atom. The van der Waals surface area contributed by atoms with Crippen LogP contribution in [0, 0.1) is 5.92 Å². The second kappa shape index (κ2) is 8.94. The van der Waals surface area contributed by atoms with Crippen molar-refractivity contribution in [3.63, 3.8) is 0 Å². The van der Waals surface area contributed by atoms with Gasteiger partial charge in [-0.25, -0.2) is 0 Å². The Labute approximate surface area is 117 Å². The van der Waals surface area contributed by atoms with Crippen LogP contribution >= 0.6 is 0 Å². The third-order valence-corrected chi connectivity index (χ3v) is 3.18. The van der Waals surface area contributed by atoms with Gasteiger partial charge in [0.1, 0.15) is 5.75 Å². The van der Waals surface area contributed by atoms with Gasteiger partial charge in [-0.15, -0.1) is 0 Å². The first-order chi connectivity index (χ1) is 9.11. The highest BCUT2D eigenvalue weighted by Gasteiger charge is 2.05. The van der Waals surface area contributed by atoms with Crippen LogP contribution in [-0.2, 0) is 6.42 Å². The summed E-state index contributed by atoms with van der Waals surface area (Å²) in [6, 6.07) is 8.02. The SMILES string of the molecule is COc1cccc(CCC(O)CNCCC(C)C)c1. The topological polar surface area (TPSA) is 41.5 Å². The van der Waals surface area contributed by atoms with Gasteiger partial charge in [0.05, 0.1) is 13.2 Å². The van der Waals surface area contributed by atoms with Gasteiger partial charge < -0.3 is 15.2 Å². The van der Waals surface area contributed by atoms with E-state index < -0.39 is 0 Å². The molecule has 1 aromatic rings. The number of hydrogen-bond donors (Lipinski definition) is 2. The molecule has 0 saturated heterocycles. The summed E-state index contributed by atoms with van der Waals surface area (Å²) in [7, 11) is 1.67. The normalized spacial score (nSPS) is 12.7. The lowest BCUT2D eigenvalue weighted by Crippen LogP contribution is -2.28. The third-order valence-electron chi connectivity index (χ3n) is 3.18. The summed E-state index contributed by atoms with van der Waals surface area (Å²) < 4.78 is 5.19. The van der Waals surface area contributed by atoms with Crippen LogP contribution in [0.1, 0.15) is 32.3 Å². The number of aliphatic hydroxyl groups is 1. The molecule has 0 amide bonds. The number of rotatable bonds is 9. The Kier molecular flexibility index (Phi) is 7.53. The highest BCUT2D eigenvalue weighted by atomic mass is 16.5. The molecule has 0 aliphatic heterocycles. The molecular formula is C16H27NO2. The summed E-state index contributed by atoms with van der Waals surface area (Å²) in [5.41, 5.74) is 1.21. The lowest BCUT2D eigenvalue weighted by molar-refractivity contribution is 0.161. The van der Waals surface area contributed by atoms with Crippen LogP contribution in [0.25, 0.3) is 0 Å².